The molecular weight excluding hydrogens is 222 g/mol. The van der Waals surface area contributed by atoms with Crippen molar-refractivity contribution in [2.45, 2.75) is 12.8 Å². The lowest BCUT2D eigenvalue weighted by Gasteiger charge is -2.00. The maximum atomic E-state index is 11.9. The fraction of sp³-hybridized carbons (Fsp3) is 0.125. The van der Waals surface area contributed by atoms with Gasteiger partial charge in [-0.05, 0) is 48.8 Å². The third-order valence-electron chi connectivity index (χ3n) is 2.75. The predicted octanol–water partition coefficient (Wildman–Crippen LogP) is 3.57. The first-order chi connectivity index (χ1) is 8.79. The molecule has 1 aromatic rings. The summed E-state index contributed by atoms with van der Waals surface area (Å²) in [6.45, 7) is 0. The molecule has 88 valence electrons. The molecule has 18 heavy (non-hydrogen) atoms. The third-order valence-corrected chi connectivity index (χ3v) is 2.75. The van der Waals surface area contributed by atoms with Crippen molar-refractivity contribution in [3.63, 3.8) is 0 Å². The molecule has 0 saturated carbocycles. The molecule has 0 radical (unpaired) electrons. The van der Waals surface area contributed by atoms with Crippen LogP contribution in [-0.4, -0.2) is 5.78 Å². The number of hydrogen-bond donors (Lipinski definition) is 0. The first kappa shape index (κ1) is 12.1. The van der Waals surface area contributed by atoms with Crippen LogP contribution in [0, 0.1) is 11.3 Å². The molecule has 0 spiro atoms. The fourth-order valence-electron chi connectivity index (χ4n) is 1.73. The molecule has 1 aliphatic carbocycles. The molecule has 2 heteroatoms. The molecule has 0 atom stereocenters. The Labute approximate surface area is 107 Å². The summed E-state index contributed by atoms with van der Waals surface area (Å²) >= 11 is 0. The zero-order valence-electron chi connectivity index (χ0n) is 9.97. The van der Waals surface area contributed by atoms with Crippen LogP contribution in [0.15, 0.2) is 60.2 Å². The average Bonchev–Trinajstić information content (AvgIpc) is 2.46. The van der Waals surface area contributed by atoms with Crippen LogP contribution < -0.4 is 0 Å². The van der Waals surface area contributed by atoms with Crippen LogP contribution in [0.2, 0.25) is 0 Å². The molecule has 0 amide bonds. The second-order valence-electron chi connectivity index (χ2n) is 4.07. The van der Waals surface area contributed by atoms with Crippen LogP contribution in [-0.2, 0) is 0 Å². The molecule has 0 aliphatic heterocycles. The Morgan fingerprint density at radius 3 is 2.61 bits per heavy atom. The second kappa shape index (κ2) is 5.79. The summed E-state index contributed by atoms with van der Waals surface area (Å²) in [6, 6.07) is 8.69. The van der Waals surface area contributed by atoms with E-state index < -0.39 is 0 Å². The summed E-state index contributed by atoms with van der Waals surface area (Å²) in [7, 11) is 0. The SMILES string of the molecule is N#Cc1ccc(C(=O)/C=C/C2=CCCC=C2)cc1. The summed E-state index contributed by atoms with van der Waals surface area (Å²) in [5.74, 6) is -0.0423. The van der Waals surface area contributed by atoms with Crippen molar-refractivity contribution in [3.8, 4) is 6.07 Å². The Hall–Kier alpha value is -2.40. The minimum absolute atomic E-state index is 0.0423. The van der Waals surface area contributed by atoms with E-state index in [1.54, 1.807) is 30.3 Å². The molecule has 1 aliphatic rings. The number of carbonyl (C=O) groups is 1. The van der Waals surface area contributed by atoms with Crippen molar-refractivity contribution in [3.05, 3.63) is 71.3 Å². The average molecular weight is 235 g/mol. The molecule has 0 heterocycles. The Kier molecular flexibility index (Phi) is 3.88. The van der Waals surface area contributed by atoms with Gasteiger partial charge in [0, 0.05) is 5.56 Å². The van der Waals surface area contributed by atoms with Gasteiger partial charge in [-0.1, -0.05) is 24.3 Å². The first-order valence-electron chi connectivity index (χ1n) is 5.89. The molecule has 2 nitrogen and oxygen atoms in total. The summed E-state index contributed by atoms with van der Waals surface area (Å²) < 4.78 is 0. The summed E-state index contributed by atoms with van der Waals surface area (Å²) in [5.41, 5.74) is 2.24. The van der Waals surface area contributed by atoms with E-state index >= 15 is 0 Å². The van der Waals surface area contributed by atoms with E-state index in [1.165, 1.54) is 0 Å². The first-order valence-corrected chi connectivity index (χ1v) is 5.89. The molecule has 0 fully saturated rings. The summed E-state index contributed by atoms with van der Waals surface area (Å²) in [6.07, 6.45) is 11.7. The van der Waals surface area contributed by atoms with Crippen LogP contribution in [0.3, 0.4) is 0 Å². The van der Waals surface area contributed by atoms with E-state index in [0.717, 1.165) is 18.4 Å². The fourth-order valence-corrected chi connectivity index (χ4v) is 1.73. The molecule has 1 aromatic carbocycles. The minimum atomic E-state index is -0.0423. The van der Waals surface area contributed by atoms with Gasteiger partial charge < -0.3 is 0 Å². The van der Waals surface area contributed by atoms with E-state index in [0.29, 0.717) is 11.1 Å². The Bertz CT molecular complexity index is 568. The van der Waals surface area contributed by atoms with Crippen LogP contribution >= 0.6 is 0 Å². The van der Waals surface area contributed by atoms with E-state index in [-0.39, 0.29) is 5.78 Å². The number of ketones is 1. The van der Waals surface area contributed by atoms with Crippen LogP contribution in [0.1, 0.15) is 28.8 Å². The minimum Gasteiger partial charge on any atom is -0.289 e. The van der Waals surface area contributed by atoms with Gasteiger partial charge in [0.1, 0.15) is 0 Å². The van der Waals surface area contributed by atoms with Crippen molar-refractivity contribution in [2.75, 3.05) is 0 Å². The third kappa shape index (κ3) is 3.05. The lowest BCUT2D eigenvalue weighted by Crippen LogP contribution is -1.94. The lowest BCUT2D eigenvalue weighted by atomic mass is 10.0. The number of allylic oxidation sites excluding steroid dienone is 6. The highest BCUT2D eigenvalue weighted by atomic mass is 16.1. The van der Waals surface area contributed by atoms with Gasteiger partial charge in [0.25, 0.3) is 0 Å². The predicted molar refractivity (Wildman–Crippen MR) is 71.1 cm³/mol. The second-order valence-corrected chi connectivity index (χ2v) is 4.07. The number of nitriles is 1. The van der Waals surface area contributed by atoms with E-state index in [4.69, 9.17) is 5.26 Å². The van der Waals surface area contributed by atoms with Gasteiger partial charge in [0.15, 0.2) is 5.78 Å². The van der Waals surface area contributed by atoms with Gasteiger partial charge in [-0.15, -0.1) is 0 Å². The monoisotopic (exact) mass is 235 g/mol. The summed E-state index contributed by atoms with van der Waals surface area (Å²) in [4.78, 5) is 11.9. The quantitative estimate of drug-likeness (QED) is 0.593. The van der Waals surface area contributed by atoms with Gasteiger partial charge in [-0.2, -0.15) is 5.26 Å². The van der Waals surface area contributed by atoms with E-state index in [2.05, 4.69) is 12.2 Å². The Morgan fingerprint density at radius 2 is 2.00 bits per heavy atom. The van der Waals surface area contributed by atoms with Gasteiger partial charge in [-0.25, -0.2) is 0 Å². The zero-order chi connectivity index (χ0) is 12.8. The molecule has 0 unspecified atom stereocenters. The molecule has 0 saturated heterocycles. The van der Waals surface area contributed by atoms with Gasteiger partial charge in [-0.3, -0.25) is 4.79 Å². The van der Waals surface area contributed by atoms with Crippen molar-refractivity contribution in [1.29, 1.82) is 5.26 Å². The number of benzene rings is 1. The number of carbonyl (C=O) groups excluding carboxylic acids is 1. The molecule has 0 N–H and O–H groups in total. The molecule has 0 bridgehead atoms. The normalized spacial score (nSPS) is 14.3. The van der Waals surface area contributed by atoms with Gasteiger partial charge in [0.2, 0.25) is 0 Å². The number of rotatable bonds is 3. The highest BCUT2D eigenvalue weighted by molar-refractivity contribution is 6.04. The number of nitrogens with zero attached hydrogens (tertiary/aromatic N) is 1. The van der Waals surface area contributed by atoms with Gasteiger partial charge in [0.05, 0.1) is 11.6 Å². The van der Waals surface area contributed by atoms with Crippen molar-refractivity contribution >= 4 is 5.78 Å². The maximum Gasteiger partial charge on any atom is 0.185 e. The summed E-state index contributed by atoms with van der Waals surface area (Å²) in [5, 5.41) is 8.68. The van der Waals surface area contributed by atoms with Gasteiger partial charge >= 0.3 is 0 Å². The van der Waals surface area contributed by atoms with E-state index in [1.807, 2.05) is 18.2 Å². The lowest BCUT2D eigenvalue weighted by molar-refractivity contribution is 0.104. The van der Waals surface area contributed by atoms with Crippen molar-refractivity contribution in [1.82, 2.24) is 0 Å². The topological polar surface area (TPSA) is 40.9 Å². The van der Waals surface area contributed by atoms with Crippen molar-refractivity contribution in [2.24, 2.45) is 0 Å². The molecular formula is C16H13NO. The highest BCUT2D eigenvalue weighted by Crippen LogP contribution is 2.11. The van der Waals surface area contributed by atoms with Crippen LogP contribution in [0.5, 0.6) is 0 Å². The van der Waals surface area contributed by atoms with Crippen LogP contribution in [0.25, 0.3) is 0 Å². The van der Waals surface area contributed by atoms with Crippen LogP contribution in [0.4, 0.5) is 0 Å². The molecule has 2 rings (SSSR count). The Balaban J connectivity index is 2.07. The Morgan fingerprint density at radius 1 is 1.22 bits per heavy atom. The molecule has 0 aromatic heterocycles. The van der Waals surface area contributed by atoms with E-state index in [9.17, 15) is 4.79 Å². The largest absolute Gasteiger partial charge is 0.289 e. The smallest absolute Gasteiger partial charge is 0.185 e. The maximum absolute atomic E-state index is 11.9. The van der Waals surface area contributed by atoms with Crippen molar-refractivity contribution < 1.29 is 4.79 Å². The highest BCUT2D eigenvalue weighted by Gasteiger charge is 2.01. The standard InChI is InChI=1S/C16H13NO/c17-12-14-6-9-15(10-7-14)16(18)11-8-13-4-2-1-3-5-13/h2,4-11H,1,3H2/b11-8+. The zero-order valence-corrected chi connectivity index (χ0v) is 9.97. The number of hydrogen-bond acceptors (Lipinski definition) is 2.